The van der Waals surface area contributed by atoms with Gasteiger partial charge in [-0.2, -0.15) is 22.0 Å². The lowest BCUT2D eigenvalue weighted by atomic mass is 10.0. The Bertz CT molecular complexity index is 1630. The number of aryl methyl sites for hydroxylation is 1. The summed E-state index contributed by atoms with van der Waals surface area (Å²) in [7, 11) is 0. The van der Waals surface area contributed by atoms with E-state index in [-0.39, 0.29) is 24.1 Å². The molecule has 0 heterocycles. The van der Waals surface area contributed by atoms with Crippen molar-refractivity contribution in [3.05, 3.63) is 105 Å². The molecule has 0 bridgehead atoms. The maximum atomic E-state index is 15.0. The monoisotopic (exact) mass is 614 g/mol. The van der Waals surface area contributed by atoms with E-state index in [4.69, 9.17) is 11.6 Å². The summed E-state index contributed by atoms with van der Waals surface area (Å²) in [5.41, 5.74) is -3.17. The molecule has 0 aliphatic rings. The Morgan fingerprint density at radius 1 is 0.659 bits per heavy atom. The van der Waals surface area contributed by atoms with Gasteiger partial charge >= 0.3 is 12.2 Å². The predicted molar refractivity (Wildman–Crippen MR) is 125 cm³/mol. The van der Waals surface area contributed by atoms with Crippen LogP contribution in [0.15, 0.2) is 42.5 Å². The van der Waals surface area contributed by atoms with Crippen molar-refractivity contribution in [2.45, 2.75) is 32.0 Å². The fourth-order valence-corrected chi connectivity index (χ4v) is 4.28. The molecular formula is C27H14ClF11O2. The number of ether oxygens (including phenoxy) is 2. The number of hydrogen-bond donors (Lipinski definition) is 0. The summed E-state index contributed by atoms with van der Waals surface area (Å²) in [6.45, 7) is 1.64. The highest BCUT2D eigenvalue weighted by molar-refractivity contribution is 6.36. The van der Waals surface area contributed by atoms with E-state index in [1.165, 1.54) is 0 Å². The van der Waals surface area contributed by atoms with Gasteiger partial charge in [0.2, 0.25) is 5.82 Å². The lowest BCUT2D eigenvalue weighted by Gasteiger charge is -2.22. The maximum absolute atomic E-state index is 15.0. The van der Waals surface area contributed by atoms with Crippen molar-refractivity contribution in [3.8, 4) is 11.5 Å². The fraction of sp³-hybridized carbons (Fsp3) is 0.185. The second-order valence-corrected chi connectivity index (χ2v) is 8.99. The highest BCUT2D eigenvalue weighted by Crippen LogP contribution is 2.43. The quantitative estimate of drug-likeness (QED) is 0.145. The molecule has 0 saturated heterocycles. The summed E-state index contributed by atoms with van der Waals surface area (Å²) in [6.07, 6.45) is -8.88. The third kappa shape index (κ3) is 5.59. The van der Waals surface area contributed by atoms with Crippen LogP contribution in [0, 0.1) is 40.7 Å². The summed E-state index contributed by atoms with van der Waals surface area (Å²) in [5, 5.41) is -2.80. The Hall–Kier alpha value is -3.74. The van der Waals surface area contributed by atoms with Crippen LogP contribution in [0.2, 0.25) is 5.02 Å². The molecule has 0 saturated carbocycles. The van der Waals surface area contributed by atoms with E-state index >= 15 is 0 Å². The molecule has 0 radical (unpaired) electrons. The molecule has 0 aliphatic heterocycles. The number of hydrogen-bond acceptors (Lipinski definition) is 2. The first kappa shape index (κ1) is 30.2. The van der Waals surface area contributed by atoms with Gasteiger partial charge in [0, 0.05) is 17.5 Å². The highest BCUT2D eigenvalue weighted by Gasteiger charge is 2.42. The number of fused-ring (bicyclic) bond motifs is 1. The molecular weight excluding hydrogens is 601 g/mol. The second kappa shape index (κ2) is 10.9. The molecule has 0 spiro atoms. The molecule has 0 amide bonds. The first-order valence-electron chi connectivity index (χ1n) is 11.4. The minimum atomic E-state index is -4.72. The Morgan fingerprint density at radius 3 is 1.85 bits per heavy atom. The van der Waals surface area contributed by atoms with Crippen molar-refractivity contribution in [1.29, 1.82) is 0 Å². The van der Waals surface area contributed by atoms with E-state index in [0.717, 1.165) is 6.07 Å². The average molecular weight is 615 g/mol. The van der Waals surface area contributed by atoms with Gasteiger partial charge in [0.05, 0.1) is 10.6 Å². The van der Waals surface area contributed by atoms with Crippen molar-refractivity contribution in [3.63, 3.8) is 0 Å². The van der Waals surface area contributed by atoms with E-state index in [9.17, 15) is 48.3 Å². The summed E-state index contributed by atoms with van der Waals surface area (Å²) >= 11 is 5.86. The second-order valence-electron chi connectivity index (χ2n) is 8.62. The van der Waals surface area contributed by atoms with Gasteiger partial charge in [0.15, 0.2) is 40.7 Å². The van der Waals surface area contributed by atoms with Gasteiger partial charge in [-0.05, 0) is 35.6 Å². The third-order valence-electron chi connectivity index (χ3n) is 5.84. The van der Waals surface area contributed by atoms with Crippen molar-refractivity contribution < 1.29 is 57.8 Å². The molecule has 0 fully saturated rings. The largest absolute Gasteiger partial charge is 0.429 e. The van der Waals surface area contributed by atoms with Gasteiger partial charge < -0.3 is 9.47 Å². The van der Waals surface area contributed by atoms with E-state index < -0.39 is 91.4 Å². The maximum Gasteiger partial charge on any atom is 0.429 e. The summed E-state index contributed by atoms with van der Waals surface area (Å²) in [6, 6.07) is 3.21. The zero-order valence-corrected chi connectivity index (χ0v) is 21.1. The van der Waals surface area contributed by atoms with Crippen LogP contribution >= 0.6 is 11.6 Å². The van der Waals surface area contributed by atoms with Gasteiger partial charge in [0.25, 0.3) is 0 Å². The van der Waals surface area contributed by atoms with Crippen molar-refractivity contribution >= 4 is 22.4 Å². The Balaban J connectivity index is 1.73. The molecule has 4 rings (SSSR count). The van der Waals surface area contributed by atoms with Crippen molar-refractivity contribution in [1.82, 2.24) is 0 Å². The summed E-state index contributed by atoms with van der Waals surface area (Å²) in [5.74, 6) is -16.1. The third-order valence-corrected chi connectivity index (χ3v) is 6.23. The first-order valence-corrected chi connectivity index (χ1v) is 11.8. The smallest absolute Gasteiger partial charge is 0.429 e. The summed E-state index contributed by atoms with van der Waals surface area (Å²) in [4.78, 5) is 0. The van der Waals surface area contributed by atoms with Crippen LogP contribution in [0.3, 0.4) is 0 Å². The number of alkyl halides is 4. The van der Waals surface area contributed by atoms with Crippen LogP contribution < -0.4 is 9.47 Å². The van der Waals surface area contributed by atoms with Gasteiger partial charge in [-0.3, -0.25) is 0 Å². The van der Waals surface area contributed by atoms with Gasteiger partial charge in [-0.1, -0.05) is 37.1 Å². The van der Waals surface area contributed by atoms with Gasteiger partial charge in [-0.25, -0.2) is 26.3 Å². The Morgan fingerprint density at radius 2 is 1.24 bits per heavy atom. The fourth-order valence-electron chi connectivity index (χ4n) is 3.92. The van der Waals surface area contributed by atoms with Gasteiger partial charge in [-0.15, -0.1) is 0 Å². The lowest BCUT2D eigenvalue weighted by molar-refractivity contribution is -0.189. The Labute approximate surface area is 228 Å². The van der Waals surface area contributed by atoms with Crippen molar-refractivity contribution in [2.75, 3.05) is 0 Å². The Kier molecular flexibility index (Phi) is 8.05. The first-order chi connectivity index (χ1) is 19.1. The number of rotatable bonds is 8. The van der Waals surface area contributed by atoms with Crippen molar-refractivity contribution in [2.24, 2.45) is 0 Å². The topological polar surface area (TPSA) is 18.5 Å². The van der Waals surface area contributed by atoms with Crippen LogP contribution in [0.1, 0.15) is 30.0 Å². The molecule has 2 nitrogen and oxygen atoms in total. The minimum Gasteiger partial charge on any atom is -0.429 e. The summed E-state index contributed by atoms with van der Waals surface area (Å²) < 4.78 is 166. The molecule has 0 unspecified atom stereocenters. The normalized spacial score (nSPS) is 12.2. The van der Waals surface area contributed by atoms with Crippen LogP contribution in [0.4, 0.5) is 48.3 Å². The average Bonchev–Trinajstić information content (AvgIpc) is 2.87. The number of benzene rings is 4. The molecule has 0 atom stereocenters. The van der Waals surface area contributed by atoms with E-state index in [2.05, 4.69) is 9.47 Å². The highest BCUT2D eigenvalue weighted by atomic mass is 35.5. The predicted octanol–water partition coefficient (Wildman–Crippen LogP) is 9.68. The lowest BCUT2D eigenvalue weighted by Crippen LogP contribution is -2.25. The zero-order chi connectivity index (χ0) is 30.4. The molecule has 0 aliphatic carbocycles. The van der Waals surface area contributed by atoms with E-state index in [0.29, 0.717) is 30.7 Å². The van der Waals surface area contributed by atoms with Gasteiger partial charge in [0.1, 0.15) is 11.3 Å². The van der Waals surface area contributed by atoms with Crippen LogP contribution in [-0.2, 0) is 18.6 Å². The molecule has 4 aromatic carbocycles. The molecule has 4 aromatic rings. The standard InChI is InChI=1S/C27H14ClF11O2/c1-2-3-11-4-7-15(22(32)21(11)31)27(38,39)41-18-8-12-5-6-14(20(28)19(12)25(35)24(18)34)26(36,37)40-13-9-16(29)23(33)17(30)10-13/h4-10H,2-3H2,1H3. The van der Waals surface area contributed by atoms with E-state index in [1.807, 2.05) is 0 Å². The molecule has 41 heavy (non-hydrogen) atoms. The minimum absolute atomic E-state index is 0.0322. The SMILES string of the molecule is CCCc1ccc(C(F)(F)Oc2cc3ccc(C(F)(F)Oc4cc(F)c(F)c(F)c4)c(Cl)c3c(F)c2F)c(F)c1F. The molecule has 0 N–H and O–H groups in total. The molecule has 0 aromatic heterocycles. The number of halogens is 12. The van der Waals surface area contributed by atoms with Crippen LogP contribution in [0.25, 0.3) is 10.8 Å². The molecule has 218 valence electrons. The molecule has 14 heteroatoms. The zero-order valence-electron chi connectivity index (χ0n) is 20.3. The van der Waals surface area contributed by atoms with E-state index in [1.54, 1.807) is 6.92 Å². The van der Waals surface area contributed by atoms with Crippen LogP contribution in [0.5, 0.6) is 11.5 Å². The van der Waals surface area contributed by atoms with Crippen LogP contribution in [-0.4, -0.2) is 0 Å².